The first-order chi connectivity index (χ1) is 14.6. The Hall–Kier alpha value is -2.78. The molecule has 0 saturated heterocycles. The Balaban J connectivity index is 1.73. The first kappa shape index (κ1) is 19.2. The summed E-state index contributed by atoms with van der Waals surface area (Å²) in [7, 11) is 0. The summed E-state index contributed by atoms with van der Waals surface area (Å²) in [5, 5.41) is 2.80. The molecule has 1 aliphatic carbocycles. The molecule has 3 nitrogen and oxygen atoms in total. The molecular formula is C26H25ClN2O. The number of amides is 1. The van der Waals surface area contributed by atoms with Crippen LogP contribution >= 0.6 is 11.6 Å². The van der Waals surface area contributed by atoms with Crippen LogP contribution in [0.4, 0.5) is 0 Å². The van der Waals surface area contributed by atoms with E-state index in [9.17, 15) is 4.79 Å². The van der Waals surface area contributed by atoms with E-state index in [0.29, 0.717) is 11.5 Å². The minimum absolute atomic E-state index is 0.376. The molecule has 0 unspecified atom stereocenters. The number of carbonyl (C=O) groups is 1. The van der Waals surface area contributed by atoms with E-state index in [2.05, 4.69) is 28.8 Å². The number of carbonyl (C=O) groups excluding carboxylic acids is 1. The van der Waals surface area contributed by atoms with Crippen molar-refractivity contribution in [2.45, 2.75) is 38.6 Å². The Bertz CT molecular complexity index is 1230. The summed E-state index contributed by atoms with van der Waals surface area (Å²) in [6.07, 6.45) is 6.51. The molecule has 0 bridgehead atoms. The molecule has 0 aliphatic heterocycles. The second kappa shape index (κ2) is 7.81. The standard InChI is InChI=1S/C26H25ClN2O/c27-20-12-9-18(10-13-20)19-11-14-21-24(15-19)29(16-17-5-2-1-3-6-17)23-8-4-7-22(25(21)23)26(28)30/h4,7-15,17H,1-3,5-6,16H2,(H2,28,30). The van der Waals surface area contributed by atoms with Crippen LogP contribution < -0.4 is 5.73 Å². The van der Waals surface area contributed by atoms with Gasteiger partial charge >= 0.3 is 0 Å². The zero-order chi connectivity index (χ0) is 20.7. The van der Waals surface area contributed by atoms with Gasteiger partial charge in [-0.1, -0.05) is 61.2 Å². The predicted octanol–water partition coefficient (Wildman–Crippen LogP) is 6.79. The monoisotopic (exact) mass is 416 g/mol. The lowest BCUT2D eigenvalue weighted by atomic mass is 9.89. The van der Waals surface area contributed by atoms with Gasteiger partial charge in [0.15, 0.2) is 0 Å². The van der Waals surface area contributed by atoms with Crippen LogP contribution in [0.3, 0.4) is 0 Å². The highest BCUT2D eigenvalue weighted by molar-refractivity contribution is 6.30. The number of fused-ring (bicyclic) bond motifs is 3. The summed E-state index contributed by atoms with van der Waals surface area (Å²) in [5.41, 5.74) is 10.9. The molecule has 30 heavy (non-hydrogen) atoms. The summed E-state index contributed by atoms with van der Waals surface area (Å²) in [5.74, 6) is 0.299. The largest absolute Gasteiger partial charge is 0.366 e. The van der Waals surface area contributed by atoms with Crippen molar-refractivity contribution in [3.63, 3.8) is 0 Å². The number of rotatable bonds is 4. The van der Waals surface area contributed by atoms with Crippen molar-refractivity contribution in [1.82, 2.24) is 4.57 Å². The molecular weight excluding hydrogens is 392 g/mol. The average molecular weight is 417 g/mol. The van der Waals surface area contributed by atoms with Crippen LogP contribution in [-0.2, 0) is 6.54 Å². The second-order valence-electron chi connectivity index (χ2n) is 8.42. The molecule has 2 N–H and O–H groups in total. The summed E-state index contributed by atoms with van der Waals surface area (Å²) in [4.78, 5) is 12.2. The van der Waals surface area contributed by atoms with E-state index >= 15 is 0 Å². The van der Waals surface area contributed by atoms with Crippen LogP contribution in [0.5, 0.6) is 0 Å². The highest BCUT2D eigenvalue weighted by atomic mass is 35.5. The Morgan fingerprint density at radius 2 is 1.67 bits per heavy atom. The van der Waals surface area contributed by atoms with Crippen LogP contribution in [0.25, 0.3) is 32.9 Å². The van der Waals surface area contributed by atoms with Crippen molar-refractivity contribution in [1.29, 1.82) is 0 Å². The van der Waals surface area contributed by atoms with E-state index in [1.54, 1.807) is 0 Å². The molecule has 1 heterocycles. The third-order valence-corrected chi connectivity index (χ3v) is 6.75. The summed E-state index contributed by atoms with van der Waals surface area (Å²) in [6, 6.07) is 20.3. The molecule has 1 fully saturated rings. The minimum Gasteiger partial charge on any atom is -0.366 e. The Labute approximate surface area is 181 Å². The van der Waals surface area contributed by atoms with E-state index in [1.165, 1.54) is 32.1 Å². The van der Waals surface area contributed by atoms with Gasteiger partial charge in [-0.25, -0.2) is 0 Å². The van der Waals surface area contributed by atoms with Crippen LogP contribution in [-0.4, -0.2) is 10.5 Å². The van der Waals surface area contributed by atoms with Gasteiger partial charge in [0.2, 0.25) is 5.91 Å². The SMILES string of the molecule is NC(=O)c1cccc2c1c1ccc(-c3ccc(Cl)cc3)cc1n2CC1CCCCC1. The molecule has 4 aromatic rings. The number of primary amides is 1. The fourth-order valence-electron chi connectivity index (χ4n) is 5.00. The van der Waals surface area contributed by atoms with Gasteiger partial charge < -0.3 is 10.3 Å². The lowest BCUT2D eigenvalue weighted by Crippen LogP contribution is -2.14. The molecule has 1 aromatic heterocycles. The van der Waals surface area contributed by atoms with E-state index in [-0.39, 0.29) is 5.91 Å². The maximum absolute atomic E-state index is 12.2. The summed E-state index contributed by atoms with van der Waals surface area (Å²) < 4.78 is 2.41. The Morgan fingerprint density at radius 3 is 2.40 bits per heavy atom. The van der Waals surface area contributed by atoms with Crippen molar-refractivity contribution < 1.29 is 4.79 Å². The molecule has 1 saturated carbocycles. The van der Waals surface area contributed by atoms with Crippen LogP contribution in [0.15, 0.2) is 60.7 Å². The molecule has 1 aliphatic rings. The number of benzene rings is 3. The lowest BCUT2D eigenvalue weighted by Gasteiger charge is -2.23. The molecule has 0 atom stereocenters. The van der Waals surface area contributed by atoms with Gasteiger partial charge in [0.1, 0.15) is 0 Å². The first-order valence-corrected chi connectivity index (χ1v) is 11.1. The quantitative estimate of drug-likeness (QED) is 0.391. The van der Waals surface area contributed by atoms with Crippen molar-refractivity contribution in [2.24, 2.45) is 11.7 Å². The molecule has 1 amide bonds. The number of hydrogen-bond donors (Lipinski definition) is 1. The van der Waals surface area contributed by atoms with Gasteiger partial charge in [0.25, 0.3) is 0 Å². The van der Waals surface area contributed by atoms with Gasteiger partial charge in [-0.3, -0.25) is 4.79 Å². The van der Waals surface area contributed by atoms with Gasteiger partial charge in [-0.15, -0.1) is 0 Å². The number of halogens is 1. The van der Waals surface area contributed by atoms with Gasteiger partial charge in [-0.2, -0.15) is 0 Å². The number of nitrogens with two attached hydrogens (primary N) is 1. The number of nitrogens with zero attached hydrogens (tertiary/aromatic N) is 1. The molecule has 4 heteroatoms. The predicted molar refractivity (Wildman–Crippen MR) is 125 cm³/mol. The zero-order valence-corrected chi connectivity index (χ0v) is 17.7. The molecule has 152 valence electrons. The topological polar surface area (TPSA) is 48.0 Å². The molecule has 0 radical (unpaired) electrons. The number of aromatic nitrogens is 1. The van der Waals surface area contributed by atoms with Crippen molar-refractivity contribution in [2.75, 3.05) is 0 Å². The third kappa shape index (κ3) is 3.37. The lowest BCUT2D eigenvalue weighted by molar-refractivity contribution is 0.100. The van der Waals surface area contributed by atoms with E-state index in [1.807, 2.05) is 36.4 Å². The van der Waals surface area contributed by atoms with E-state index in [0.717, 1.165) is 44.5 Å². The number of hydrogen-bond acceptors (Lipinski definition) is 1. The second-order valence-corrected chi connectivity index (χ2v) is 8.85. The average Bonchev–Trinajstić information content (AvgIpc) is 3.08. The fraction of sp³-hybridized carbons (Fsp3) is 0.269. The summed E-state index contributed by atoms with van der Waals surface area (Å²) in [6.45, 7) is 0.978. The molecule has 5 rings (SSSR count). The third-order valence-electron chi connectivity index (χ3n) is 6.50. The van der Waals surface area contributed by atoms with Gasteiger partial charge in [-0.05, 0) is 60.2 Å². The van der Waals surface area contributed by atoms with Gasteiger partial charge in [0, 0.05) is 38.9 Å². The highest BCUT2D eigenvalue weighted by Gasteiger charge is 2.20. The maximum Gasteiger partial charge on any atom is 0.249 e. The van der Waals surface area contributed by atoms with Crippen molar-refractivity contribution >= 4 is 39.3 Å². The van der Waals surface area contributed by atoms with Crippen LogP contribution in [0.1, 0.15) is 42.5 Å². The van der Waals surface area contributed by atoms with E-state index < -0.39 is 0 Å². The first-order valence-electron chi connectivity index (χ1n) is 10.7. The minimum atomic E-state index is -0.376. The zero-order valence-electron chi connectivity index (χ0n) is 16.9. The van der Waals surface area contributed by atoms with Crippen LogP contribution in [0.2, 0.25) is 5.02 Å². The Kier molecular flexibility index (Phi) is 5.00. The fourth-order valence-corrected chi connectivity index (χ4v) is 5.12. The summed E-state index contributed by atoms with van der Waals surface area (Å²) >= 11 is 6.08. The normalized spacial score (nSPS) is 15.1. The van der Waals surface area contributed by atoms with Crippen molar-refractivity contribution in [3.8, 4) is 11.1 Å². The molecule has 3 aromatic carbocycles. The highest BCUT2D eigenvalue weighted by Crippen LogP contribution is 2.36. The smallest absolute Gasteiger partial charge is 0.249 e. The Morgan fingerprint density at radius 1 is 0.933 bits per heavy atom. The van der Waals surface area contributed by atoms with Gasteiger partial charge in [0.05, 0.1) is 0 Å². The maximum atomic E-state index is 12.2. The van der Waals surface area contributed by atoms with Crippen LogP contribution in [0, 0.1) is 5.92 Å². The molecule has 0 spiro atoms. The van der Waals surface area contributed by atoms with E-state index in [4.69, 9.17) is 17.3 Å². The van der Waals surface area contributed by atoms with Crippen molar-refractivity contribution in [3.05, 3.63) is 71.2 Å².